The average Bonchev–Trinajstić information content (AvgIpc) is 2.81. The van der Waals surface area contributed by atoms with E-state index < -0.39 is 12.7 Å². The van der Waals surface area contributed by atoms with Crippen molar-refractivity contribution in [3.05, 3.63) is 132 Å². The number of hydrogen-bond donors (Lipinski definition) is 1. The highest BCUT2D eigenvalue weighted by molar-refractivity contribution is 8.08. The highest BCUT2D eigenvalue weighted by Gasteiger charge is 2.40. The molecule has 0 bridgehead atoms. The Morgan fingerprint density at radius 1 is 0.552 bits per heavy atom. The second-order valence-corrected chi connectivity index (χ2v) is 10.4. The van der Waals surface area contributed by atoms with Crippen molar-refractivity contribution in [3.63, 3.8) is 0 Å². The van der Waals surface area contributed by atoms with Crippen molar-refractivity contribution in [2.24, 2.45) is 0 Å². The van der Waals surface area contributed by atoms with E-state index in [0.717, 1.165) is 21.7 Å². The summed E-state index contributed by atoms with van der Waals surface area (Å²) in [4.78, 5) is 0. The molecule has 4 aromatic carbocycles. The van der Waals surface area contributed by atoms with E-state index in [1.54, 1.807) is 0 Å². The minimum atomic E-state index is -2.38. The summed E-state index contributed by atoms with van der Waals surface area (Å²) in [7, 11) is 4.88. The molecular formula is C26H23BOP. The van der Waals surface area contributed by atoms with Gasteiger partial charge in [0, 0.05) is 10.6 Å². The van der Waals surface area contributed by atoms with Crippen LogP contribution in [-0.2, 0) is 5.60 Å². The minimum Gasteiger partial charge on any atom is -0.377 e. The number of aliphatic hydroxyl groups is 1. The fraction of sp³-hybridized carbons (Fsp3) is 0.0769. The highest BCUT2D eigenvalue weighted by atomic mass is 31.2. The van der Waals surface area contributed by atoms with Crippen LogP contribution in [0, 0.1) is 0 Å². The topological polar surface area (TPSA) is 20.2 Å². The maximum Gasteiger partial charge on any atom is 0.144 e. The van der Waals surface area contributed by atoms with Gasteiger partial charge in [-0.25, -0.2) is 0 Å². The standard InChI is InChI=1S/C26H23BOP/c27-29(24-17-9-3-10-18-24,25-19-11-4-12-20-25)21-26(28,22-13-5-1-6-14-22)23-15-7-2-8-16-23/h1-20,28H,21H2. The minimum absolute atomic E-state index is 0.419. The molecule has 0 unspecified atom stereocenters. The summed E-state index contributed by atoms with van der Waals surface area (Å²) in [6.07, 6.45) is 0.419. The van der Waals surface area contributed by atoms with Gasteiger partial charge in [0.15, 0.2) is 0 Å². The Kier molecular flexibility index (Phi) is 5.67. The lowest BCUT2D eigenvalue weighted by atomic mass is 9.88. The number of hydrogen-bond acceptors (Lipinski definition) is 1. The molecular weight excluding hydrogens is 370 g/mol. The Labute approximate surface area is 174 Å². The van der Waals surface area contributed by atoms with Gasteiger partial charge in [-0.15, -0.1) is 0 Å². The zero-order valence-corrected chi connectivity index (χ0v) is 17.1. The molecule has 0 spiro atoms. The second kappa shape index (κ2) is 8.37. The molecule has 29 heavy (non-hydrogen) atoms. The summed E-state index contributed by atoms with van der Waals surface area (Å²) in [6.45, 7) is 0. The SMILES string of the molecule is [B-][P+](CC(O)(c1ccccc1)c1ccccc1)(c1ccccc1)c1ccccc1. The van der Waals surface area contributed by atoms with Crippen LogP contribution in [0.5, 0.6) is 0 Å². The van der Waals surface area contributed by atoms with Crippen molar-refractivity contribution < 1.29 is 5.11 Å². The first-order chi connectivity index (χ1) is 14.1. The molecule has 1 nitrogen and oxygen atoms in total. The largest absolute Gasteiger partial charge is 0.377 e. The Hall–Kier alpha value is -2.67. The van der Waals surface area contributed by atoms with Gasteiger partial charge in [0.25, 0.3) is 0 Å². The summed E-state index contributed by atoms with van der Waals surface area (Å²) in [5.74, 6) is 0. The molecule has 0 fully saturated rings. The predicted molar refractivity (Wildman–Crippen MR) is 126 cm³/mol. The van der Waals surface area contributed by atoms with E-state index in [1.165, 1.54) is 0 Å². The summed E-state index contributed by atoms with van der Waals surface area (Å²) >= 11 is 0. The van der Waals surface area contributed by atoms with E-state index in [0.29, 0.717) is 6.16 Å². The predicted octanol–water partition coefficient (Wildman–Crippen LogP) is 4.67. The molecule has 0 atom stereocenters. The van der Waals surface area contributed by atoms with E-state index in [-0.39, 0.29) is 0 Å². The molecule has 1 N–H and O–H groups in total. The first kappa shape index (κ1) is 19.6. The van der Waals surface area contributed by atoms with Gasteiger partial charge in [0.1, 0.15) is 5.60 Å². The van der Waals surface area contributed by atoms with Crippen LogP contribution in [0.15, 0.2) is 121 Å². The van der Waals surface area contributed by atoms with Gasteiger partial charge in [0.05, 0.1) is 6.16 Å². The normalized spacial score (nSPS) is 11.9. The van der Waals surface area contributed by atoms with Crippen LogP contribution in [0.2, 0.25) is 0 Å². The lowest BCUT2D eigenvalue weighted by Crippen LogP contribution is -2.38. The van der Waals surface area contributed by atoms with E-state index >= 15 is 0 Å². The lowest BCUT2D eigenvalue weighted by molar-refractivity contribution is 0.106. The van der Waals surface area contributed by atoms with Crippen molar-refractivity contribution >= 4 is 25.3 Å². The molecule has 0 heterocycles. The maximum atomic E-state index is 12.2. The van der Waals surface area contributed by atoms with Crippen molar-refractivity contribution in [3.8, 4) is 0 Å². The fourth-order valence-corrected chi connectivity index (χ4v) is 7.02. The van der Waals surface area contributed by atoms with Gasteiger partial charge in [-0.2, -0.15) is 7.14 Å². The van der Waals surface area contributed by atoms with Crippen LogP contribution >= 0.6 is 7.14 Å². The Morgan fingerprint density at radius 3 is 1.21 bits per heavy atom. The molecule has 141 valence electrons. The van der Waals surface area contributed by atoms with Crippen LogP contribution in [0.1, 0.15) is 11.1 Å². The quantitative estimate of drug-likeness (QED) is 0.373. The molecule has 0 aliphatic rings. The molecule has 0 saturated carbocycles. The van der Waals surface area contributed by atoms with Crippen LogP contribution in [-0.4, -0.2) is 18.8 Å². The van der Waals surface area contributed by atoms with Crippen LogP contribution in [0.3, 0.4) is 0 Å². The van der Waals surface area contributed by atoms with Gasteiger partial charge in [-0.3, -0.25) is 7.57 Å². The van der Waals surface area contributed by atoms with E-state index in [2.05, 4.69) is 24.3 Å². The third kappa shape index (κ3) is 3.92. The zero-order valence-electron chi connectivity index (χ0n) is 16.2. The summed E-state index contributed by atoms with van der Waals surface area (Å²) in [5.41, 5.74) is 0.511. The summed E-state index contributed by atoms with van der Waals surface area (Å²) in [6, 6.07) is 40.1. The smallest absolute Gasteiger partial charge is 0.144 e. The lowest BCUT2D eigenvalue weighted by Gasteiger charge is -2.43. The summed E-state index contributed by atoms with van der Waals surface area (Å²) in [5, 5.41) is 14.3. The molecule has 0 amide bonds. The van der Waals surface area contributed by atoms with Gasteiger partial charge < -0.3 is 5.11 Å². The van der Waals surface area contributed by atoms with E-state index in [1.807, 2.05) is 97.1 Å². The first-order valence-electron chi connectivity index (χ1n) is 9.74. The van der Waals surface area contributed by atoms with Gasteiger partial charge in [-0.05, 0) is 35.4 Å². The second-order valence-electron chi connectivity index (χ2n) is 7.29. The Balaban J connectivity index is 1.91. The van der Waals surface area contributed by atoms with Gasteiger partial charge in [0.2, 0.25) is 0 Å². The molecule has 3 radical (unpaired) electrons. The third-order valence-corrected chi connectivity index (χ3v) is 8.81. The fourth-order valence-electron chi connectivity index (χ4n) is 3.86. The molecule has 4 aromatic rings. The van der Waals surface area contributed by atoms with Crippen LogP contribution in [0.25, 0.3) is 0 Å². The Bertz CT molecular complexity index is 871. The van der Waals surface area contributed by atoms with Crippen molar-refractivity contribution in [2.75, 3.05) is 6.16 Å². The third-order valence-electron chi connectivity index (χ3n) is 5.41. The first-order valence-corrected chi connectivity index (χ1v) is 11.8. The number of rotatable bonds is 6. The molecule has 3 heteroatoms. The van der Waals surface area contributed by atoms with Crippen molar-refractivity contribution in [1.82, 2.24) is 0 Å². The molecule has 4 rings (SSSR count). The molecule has 0 saturated heterocycles. The molecule has 0 aromatic heterocycles. The molecule has 0 aliphatic heterocycles. The monoisotopic (exact) mass is 393 g/mol. The highest BCUT2D eigenvalue weighted by Crippen LogP contribution is 2.56. The van der Waals surface area contributed by atoms with E-state index in [4.69, 9.17) is 7.57 Å². The van der Waals surface area contributed by atoms with Crippen LogP contribution < -0.4 is 10.6 Å². The van der Waals surface area contributed by atoms with Crippen molar-refractivity contribution in [1.29, 1.82) is 0 Å². The van der Waals surface area contributed by atoms with Crippen LogP contribution in [0.4, 0.5) is 0 Å². The summed E-state index contributed by atoms with van der Waals surface area (Å²) < 4.78 is 0. The Morgan fingerprint density at radius 2 is 0.862 bits per heavy atom. The van der Waals surface area contributed by atoms with Gasteiger partial charge >= 0.3 is 0 Å². The van der Waals surface area contributed by atoms with Crippen molar-refractivity contribution in [2.45, 2.75) is 5.60 Å². The number of benzene rings is 4. The average molecular weight is 393 g/mol. The maximum absolute atomic E-state index is 12.2. The zero-order chi connectivity index (χ0) is 20.2. The molecule has 0 aliphatic carbocycles. The van der Waals surface area contributed by atoms with E-state index in [9.17, 15) is 5.11 Å². The van der Waals surface area contributed by atoms with Gasteiger partial charge in [-0.1, -0.05) is 97.1 Å².